The minimum absolute atomic E-state index is 0.222. The van der Waals surface area contributed by atoms with Crippen LogP contribution in [0.3, 0.4) is 0 Å². The van der Waals surface area contributed by atoms with Gasteiger partial charge in [-0.3, -0.25) is 4.79 Å². The Morgan fingerprint density at radius 2 is 1.68 bits per heavy atom. The second-order valence-corrected chi connectivity index (χ2v) is 7.26. The molecule has 0 aromatic heterocycles. The first-order valence-corrected chi connectivity index (χ1v) is 11.5. The van der Waals surface area contributed by atoms with Crippen molar-refractivity contribution in [2.75, 3.05) is 31.7 Å². The van der Waals surface area contributed by atoms with Crippen LogP contribution < -0.4 is 14.8 Å². The van der Waals surface area contributed by atoms with Gasteiger partial charge < -0.3 is 24.3 Å². The zero-order valence-corrected chi connectivity index (χ0v) is 20.0. The lowest BCUT2D eigenvalue weighted by Gasteiger charge is -2.22. The number of esters is 2. The average molecular weight is 469 g/mol. The number of carbonyl (C=O) groups excluding carboxylic acids is 2. The highest BCUT2D eigenvalue weighted by Gasteiger charge is 2.26. The van der Waals surface area contributed by atoms with E-state index in [9.17, 15) is 9.59 Å². The lowest BCUT2D eigenvalue weighted by molar-refractivity contribution is -0.144. The molecule has 2 aromatic rings. The lowest BCUT2D eigenvalue weighted by atomic mass is 10.0. The highest BCUT2D eigenvalue weighted by atomic mass is 16.5. The molecule has 0 fully saturated rings. The molecular formula is C26H32N2O6. The van der Waals surface area contributed by atoms with Crippen molar-refractivity contribution in [3.05, 3.63) is 53.6 Å². The third-order valence-corrected chi connectivity index (χ3v) is 4.79. The van der Waals surface area contributed by atoms with E-state index in [1.54, 1.807) is 56.3 Å². The first-order valence-electron chi connectivity index (χ1n) is 11.5. The van der Waals surface area contributed by atoms with E-state index >= 15 is 0 Å². The smallest absolute Gasteiger partial charge is 0.333 e. The van der Waals surface area contributed by atoms with E-state index < -0.39 is 12.0 Å². The molecule has 8 heteroatoms. The molecule has 0 aliphatic rings. The monoisotopic (exact) mass is 468 g/mol. The molecule has 0 bridgehead atoms. The summed E-state index contributed by atoms with van der Waals surface area (Å²) < 4.78 is 21.9. The molecule has 2 aromatic carbocycles. The first kappa shape index (κ1) is 26.5. The van der Waals surface area contributed by atoms with Crippen LogP contribution in [0.5, 0.6) is 11.5 Å². The molecule has 0 amide bonds. The maximum Gasteiger partial charge on any atom is 0.333 e. The number of hydrogen-bond donors (Lipinski definition) is 1. The predicted molar refractivity (Wildman–Crippen MR) is 128 cm³/mol. The SMILES string of the molecule is CCOC(=O)CCCCOc1ccc(OCC)cc1C(Nc1ccc(C#N)cc1)C(=O)OCC. The van der Waals surface area contributed by atoms with Crippen molar-refractivity contribution in [2.45, 2.75) is 46.1 Å². The van der Waals surface area contributed by atoms with Gasteiger partial charge in [-0.15, -0.1) is 0 Å². The van der Waals surface area contributed by atoms with Gasteiger partial charge in [0.05, 0.1) is 38.1 Å². The van der Waals surface area contributed by atoms with Gasteiger partial charge in [0, 0.05) is 17.7 Å². The summed E-state index contributed by atoms with van der Waals surface area (Å²) in [5.41, 5.74) is 1.74. The number of benzene rings is 2. The fourth-order valence-corrected chi connectivity index (χ4v) is 3.22. The van der Waals surface area contributed by atoms with Gasteiger partial charge in [0.2, 0.25) is 0 Å². The Hall–Kier alpha value is -3.73. The minimum atomic E-state index is -0.858. The molecule has 0 radical (unpaired) electrons. The predicted octanol–water partition coefficient (Wildman–Crippen LogP) is 4.79. The van der Waals surface area contributed by atoms with Crippen LogP contribution in [0, 0.1) is 11.3 Å². The van der Waals surface area contributed by atoms with Crippen LogP contribution in [0.1, 0.15) is 57.2 Å². The van der Waals surface area contributed by atoms with E-state index in [2.05, 4.69) is 11.4 Å². The highest BCUT2D eigenvalue weighted by molar-refractivity contribution is 5.82. The van der Waals surface area contributed by atoms with E-state index in [1.807, 2.05) is 6.92 Å². The second-order valence-electron chi connectivity index (χ2n) is 7.26. The molecule has 0 heterocycles. The molecule has 34 heavy (non-hydrogen) atoms. The number of nitriles is 1. The van der Waals surface area contributed by atoms with Crippen molar-refractivity contribution in [1.29, 1.82) is 5.26 Å². The Balaban J connectivity index is 2.24. The maximum atomic E-state index is 12.9. The molecule has 0 saturated heterocycles. The molecule has 0 spiro atoms. The minimum Gasteiger partial charge on any atom is -0.494 e. The van der Waals surface area contributed by atoms with Gasteiger partial charge >= 0.3 is 11.9 Å². The van der Waals surface area contributed by atoms with Crippen LogP contribution in [0.25, 0.3) is 0 Å². The van der Waals surface area contributed by atoms with Gasteiger partial charge in [-0.2, -0.15) is 5.26 Å². The van der Waals surface area contributed by atoms with Crippen molar-refractivity contribution in [2.24, 2.45) is 0 Å². The summed E-state index contributed by atoms with van der Waals surface area (Å²) in [5, 5.41) is 12.2. The molecule has 1 atom stereocenters. The Morgan fingerprint density at radius 3 is 2.32 bits per heavy atom. The molecule has 0 saturated carbocycles. The Morgan fingerprint density at radius 1 is 0.941 bits per heavy atom. The summed E-state index contributed by atoms with van der Waals surface area (Å²) in [4.78, 5) is 24.4. The third-order valence-electron chi connectivity index (χ3n) is 4.79. The number of nitrogens with zero attached hydrogens (tertiary/aromatic N) is 1. The average Bonchev–Trinajstić information content (AvgIpc) is 2.84. The number of carbonyl (C=O) groups is 2. The fourth-order valence-electron chi connectivity index (χ4n) is 3.22. The molecule has 8 nitrogen and oxygen atoms in total. The van der Waals surface area contributed by atoms with Crippen LogP contribution in [-0.2, 0) is 19.1 Å². The topological polar surface area (TPSA) is 107 Å². The van der Waals surface area contributed by atoms with Crippen LogP contribution in [0.2, 0.25) is 0 Å². The van der Waals surface area contributed by atoms with Crippen molar-refractivity contribution < 1.29 is 28.5 Å². The standard InChI is InChI=1S/C26H32N2O6/c1-4-31-21-14-15-23(34-16-8-7-9-24(29)32-5-2)22(17-21)25(26(30)33-6-3)28-20-12-10-19(18-27)11-13-20/h10-15,17,25,28H,4-9,16H2,1-3H3. The van der Waals surface area contributed by atoms with Gasteiger partial charge in [0.1, 0.15) is 11.5 Å². The zero-order chi connectivity index (χ0) is 24.8. The molecule has 2 rings (SSSR count). The number of anilines is 1. The summed E-state index contributed by atoms with van der Waals surface area (Å²) in [6.07, 6.45) is 1.62. The number of nitrogens with one attached hydrogen (secondary N) is 1. The van der Waals surface area contributed by atoms with Gasteiger partial charge in [-0.05, 0) is 76.1 Å². The van der Waals surface area contributed by atoms with Gasteiger partial charge in [-0.1, -0.05) is 0 Å². The van der Waals surface area contributed by atoms with E-state index in [-0.39, 0.29) is 12.6 Å². The molecule has 0 aliphatic carbocycles. The quantitative estimate of drug-likeness (QED) is 0.312. The van der Waals surface area contributed by atoms with Gasteiger partial charge in [0.25, 0.3) is 0 Å². The van der Waals surface area contributed by atoms with Crippen molar-refractivity contribution in [3.63, 3.8) is 0 Å². The van der Waals surface area contributed by atoms with E-state index in [0.29, 0.717) is 67.4 Å². The van der Waals surface area contributed by atoms with Crippen molar-refractivity contribution in [1.82, 2.24) is 0 Å². The zero-order valence-electron chi connectivity index (χ0n) is 20.0. The van der Waals surface area contributed by atoms with E-state index in [0.717, 1.165) is 0 Å². The van der Waals surface area contributed by atoms with Gasteiger partial charge in [-0.25, -0.2) is 4.79 Å². The van der Waals surface area contributed by atoms with Crippen LogP contribution in [0.15, 0.2) is 42.5 Å². The van der Waals surface area contributed by atoms with Crippen molar-refractivity contribution >= 4 is 17.6 Å². The van der Waals surface area contributed by atoms with Gasteiger partial charge in [0.15, 0.2) is 6.04 Å². The van der Waals surface area contributed by atoms with E-state index in [4.69, 9.17) is 24.2 Å². The Labute approximate surface area is 200 Å². The molecular weight excluding hydrogens is 436 g/mol. The molecule has 1 unspecified atom stereocenters. The number of rotatable bonds is 14. The fraction of sp³-hybridized carbons (Fsp3) is 0.423. The number of hydrogen-bond acceptors (Lipinski definition) is 8. The van der Waals surface area contributed by atoms with Crippen molar-refractivity contribution in [3.8, 4) is 17.6 Å². The Kier molecular flexibility index (Phi) is 11.3. The summed E-state index contributed by atoms with van der Waals surface area (Å²) in [5.74, 6) is 0.424. The second kappa shape index (κ2) is 14.4. The van der Waals surface area contributed by atoms with E-state index in [1.165, 1.54) is 0 Å². The summed E-state index contributed by atoms with van der Waals surface area (Å²) >= 11 is 0. The van der Waals surface area contributed by atoms with Crippen LogP contribution in [0.4, 0.5) is 5.69 Å². The third kappa shape index (κ3) is 8.32. The lowest BCUT2D eigenvalue weighted by Crippen LogP contribution is -2.24. The maximum absolute atomic E-state index is 12.9. The highest BCUT2D eigenvalue weighted by Crippen LogP contribution is 2.33. The Bertz CT molecular complexity index is 968. The van der Waals surface area contributed by atoms with Crippen LogP contribution in [-0.4, -0.2) is 38.4 Å². The van der Waals surface area contributed by atoms with Crippen LogP contribution >= 0.6 is 0 Å². The largest absolute Gasteiger partial charge is 0.494 e. The normalized spacial score (nSPS) is 11.1. The summed E-state index contributed by atoms with van der Waals surface area (Å²) in [6, 6.07) is 13.3. The molecule has 1 N–H and O–H groups in total. The summed E-state index contributed by atoms with van der Waals surface area (Å²) in [7, 11) is 0. The molecule has 182 valence electrons. The molecule has 0 aliphatic heterocycles. The summed E-state index contributed by atoms with van der Waals surface area (Å²) in [6.45, 7) is 6.83. The number of ether oxygens (including phenoxy) is 4. The first-order chi connectivity index (χ1) is 16.5. The number of unbranched alkanes of at least 4 members (excludes halogenated alkanes) is 1.